The lowest BCUT2D eigenvalue weighted by atomic mass is 9.86. The standard InChI is InChI=1S/C22H22N2O3/c1-22(18-10-8-16(13-23)9-11-18)12-19(26)14-24(22,2)21(27)20(15-25)17-6-4-3-5-7-17/h3-11,15,19,26H,12,14H2,1-2H3/p+1/t19-,22-,24-/m0/s1. The molecular weight excluding hydrogens is 340 g/mol. The summed E-state index contributed by atoms with van der Waals surface area (Å²) < 4.78 is 0.00301. The average Bonchev–Trinajstić information content (AvgIpc) is 2.93. The summed E-state index contributed by atoms with van der Waals surface area (Å²) in [5.41, 5.74) is 1.64. The van der Waals surface area contributed by atoms with Crippen LogP contribution in [0.3, 0.4) is 0 Å². The number of nitrogens with zero attached hydrogens (tertiary/aromatic N) is 2. The number of benzene rings is 2. The molecule has 3 rings (SSSR count). The molecule has 5 nitrogen and oxygen atoms in total. The van der Waals surface area contributed by atoms with Crippen LogP contribution in [0.15, 0.2) is 60.5 Å². The Kier molecular flexibility index (Phi) is 4.88. The number of allylic oxidation sites excluding steroid dienone is 1. The predicted molar refractivity (Wildman–Crippen MR) is 102 cm³/mol. The van der Waals surface area contributed by atoms with Gasteiger partial charge < -0.3 is 10.2 Å². The maximum Gasteiger partial charge on any atom is 0.301 e. The number of likely N-dealkylation sites (N-methyl/N-ethyl adjacent to an activating group) is 1. The minimum Gasteiger partial charge on any atom is -0.467 e. The molecule has 5 heteroatoms. The molecule has 1 aliphatic rings. The van der Waals surface area contributed by atoms with Gasteiger partial charge in [0.2, 0.25) is 0 Å². The Labute approximate surface area is 159 Å². The van der Waals surface area contributed by atoms with Gasteiger partial charge in [-0.2, -0.15) is 5.26 Å². The molecule has 2 N–H and O–H groups in total. The first-order valence-electron chi connectivity index (χ1n) is 8.84. The zero-order chi connectivity index (χ0) is 19.7. The fourth-order valence-corrected chi connectivity index (χ4v) is 4.11. The lowest BCUT2D eigenvalue weighted by molar-refractivity contribution is -0.930. The smallest absolute Gasteiger partial charge is 0.301 e. The molecule has 3 atom stereocenters. The third-order valence-corrected chi connectivity index (χ3v) is 5.85. The maximum absolute atomic E-state index is 11.8. The van der Waals surface area contributed by atoms with Crippen LogP contribution in [0.4, 0.5) is 0 Å². The van der Waals surface area contributed by atoms with Crippen molar-refractivity contribution in [3.63, 3.8) is 0 Å². The molecule has 0 saturated carbocycles. The zero-order valence-electron chi connectivity index (χ0n) is 15.5. The highest BCUT2D eigenvalue weighted by atomic mass is 16.3. The Balaban J connectivity index is 2.16. The fraction of sp³-hybridized carbons (Fsp3) is 0.273. The first kappa shape index (κ1) is 18.8. The summed E-state index contributed by atoms with van der Waals surface area (Å²) in [5, 5.41) is 30.7. The number of aliphatic hydroxyl groups is 2. The third-order valence-electron chi connectivity index (χ3n) is 5.85. The SMILES string of the molecule is C[C@@]1(c2ccc(C#N)cc2)C[C@H](O)C[N@@+]1(C)/C(O)=C(\C=O)c1ccccc1. The second kappa shape index (κ2) is 6.99. The van der Waals surface area contributed by atoms with Crippen molar-refractivity contribution < 1.29 is 19.5 Å². The van der Waals surface area contributed by atoms with Crippen molar-refractivity contribution in [2.45, 2.75) is 25.0 Å². The second-order valence-electron chi connectivity index (χ2n) is 7.42. The monoisotopic (exact) mass is 363 g/mol. The number of nitriles is 1. The molecule has 0 aromatic heterocycles. The van der Waals surface area contributed by atoms with E-state index in [9.17, 15) is 15.0 Å². The summed E-state index contributed by atoms with van der Waals surface area (Å²) in [7, 11) is 1.83. The van der Waals surface area contributed by atoms with Gasteiger partial charge in [0.15, 0.2) is 6.29 Å². The van der Waals surface area contributed by atoms with Crippen molar-refractivity contribution in [3.8, 4) is 6.07 Å². The Hall–Kier alpha value is -2.94. The van der Waals surface area contributed by atoms with Gasteiger partial charge in [-0.1, -0.05) is 42.5 Å². The van der Waals surface area contributed by atoms with Gasteiger partial charge in [-0.3, -0.25) is 9.28 Å². The van der Waals surface area contributed by atoms with E-state index < -0.39 is 11.6 Å². The van der Waals surface area contributed by atoms with E-state index in [-0.39, 0.29) is 22.5 Å². The highest BCUT2D eigenvalue weighted by molar-refractivity contribution is 6.07. The van der Waals surface area contributed by atoms with Crippen molar-refractivity contribution in [2.75, 3.05) is 13.6 Å². The second-order valence-corrected chi connectivity index (χ2v) is 7.42. The van der Waals surface area contributed by atoms with Crippen LogP contribution >= 0.6 is 0 Å². The molecule has 2 aromatic carbocycles. The molecular formula is C22H23N2O3+. The fourth-order valence-electron chi connectivity index (χ4n) is 4.11. The van der Waals surface area contributed by atoms with E-state index in [1.54, 1.807) is 24.3 Å². The number of carbonyl (C=O) groups excluding carboxylic acids is 1. The largest absolute Gasteiger partial charge is 0.467 e. The van der Waals surface area contributed by atoms with E-state index in [4.69, 9.17) is 5.26 Å². The van der Waals surface area contributed by atoms with E-state index in [2.05, 4.69) is 6.07 Å². The highest BCUT2D eigenvalue weighted by Gasteiger charge is 2.57. The van der Waals surface area contributed by atoms with Crippen LogP contribution in [-0.4, -0.2) is 40.7 Å². The summed E-state index contributed by atoms with van der Waals surface area (Å²) >= 11 is 0. The van der Waals surface area contributed by atoms with E-state index in [0.29, 0.717) is 23.8 Å². The van der Waals surface area contributed by atoms with Gasteiger partial charge in [-0.25, -0.2) is 0 Å². The number of quaternary nitrogens is 1. The van der Waals surface area contributed by atoms with E-state index >= 15 is 0 Å². The normalized spacial score (nSPS) is 28.3. The molecule has 1 fully saturated rings. The van der Waals surface area contributed by atoms with Gasteiger partial charge in [0, 0.05) is 12.0 Å². The predicted octanol–water partition coefficient (Wildman–Crippen LogP) is 3.11. The molecule has 1 saturated heterocycles. The Morgan fingerprint density at radius 1 is 1.22 bits per heavy atom. The lowest BCUT2D eigenvalue weighted by Gasteiger charge is -2.42. The summed E-state index contributed by atoms with van der Waals surface area (Å²) in [4.78, 5) is 11.8. The molecule has 0 radical (unpaired) electrons. The van der Waals surface area contributed by atoms with Gasteiger partial charge in [0.25, 0.3) is 0 Å². The number of aliphatic hydroxyl groups excluding tert-OH is 2. The van der Waals surface area contributed by atoms with Crippen LogP contribution in [-0.2, 0) is 10.3 Å². The number of likely N-dealkylation sites (tertiary alicyclic amines) is 1. The number of carbonyl (C=O) groups is 1. The minimum absolute atomic E-state index is 0.00301. The molecule has 1 aliphatic heterocycles. The third kappa shape index (κ3) is 3.03. The molecule has 1 heterocycles. The summed E-state index contributed by atoms with van der Waals surface area (Å²) in [6.07, 6.45) is 0.472. The maximum atomic E-state index is 11.8. The van der Waals surface area contributed by atoms with E-state index in [1.807, 2.05) is 44.3 Å². The number of hydrogen-bond acceptors (Lipinski definition) is 4. The van der Waals surface area contributed by atoms with Crippen LogP contribution in [0.5, 0.6) is 0 Å². The van der Waals surface area contributed by atoms with E-state index in [1.165, 1.54) is 0 Å². The molecule has 0 unspecified atom stereocenters. The summed E-state index contributed by atoms with van der Waals surface area (Å²) in [6, 6.07) is 18.3. The Morgan fingerprint density at radius 3 is 2.41 bits per heavy atom. The van der Waals surface area contributed by atoms with Gasteiger partial charge >= 0.3 is 5.88 Å². The van der Waals surface area contributed by atoms with Crippen LogP contribution in [0.2, 0.25) is 0 Å². The van der Waals surface area contributed by atoms with Crippen LogP contribution in [0, 0.1) is 11.3 Å². The number of hydrogen-bond donors (Lipinski definition) is 2. The summed E-state index contributed by atoms with van der Waals surface area (Å²) in [5.74, 6) is -0.0698. The van der Waals surface area contributed by atoms with Crippen molar-refractivity contribution in [3.05, 3.63) is 77.2 Å². The first-order chi connectivity index (χ1) is 12.9. The van der Waals surface area contributed by atoms with Crippen LogP contribution in [0.1, 0.15) is 30.0 Å². The zero-order valence-corrected chi connectivity index (χ0v) is 15.5. The molecule has 2 aromatic rings. The minimum atomic E-state index is -0.652. The van der Waals surface area contributed by atoms with Crippen molar-refractivity contribution in [2.24, 2.45) is 0 Å². The van der Waals surface area contributed by atoms with Crippen molar-refractivity contribution in [1.29, 1.82) is 5.26 Å². The molecule has 0 amide bonds. The highest BCUT2D eigenvalue weighted by Crippen LogP contribution is 2.47. The van der Waals surface area contributed by atoms with Crippen molar-refractivity contribution >= 4 is 11.9 Å². The van der Waals surface area contributed by atoms with Gasteiger partial charge in [-0.15, -0.1) is 0 Å². The van der Waals surface area contributed by atoms with Crippen molar-refractivity contribution in [1.82, 2.24) is 0 Å². The van der Waals surface area contributed by atoms with Gasteiger partial charge in [-0.05, 0) is 24.6 Å². The van der Waals surface area contributed by atoms with Gasteiger partial charge in [0.1, 0.15) is 23.8 Å². The average molecular weight is 363 g/mol. The number of rotatable bonds is 4. The molecule has 138 valence electrons. The number of aldehydes is 1. The molecule has 0 bridgehead atoms. The topological polar surface area (TPSA) is 81.3 Å². The van der Waals surface area contributed by atoms with Gasteiger partial charge in [0.05, 0.1) is 18.7 Å². The Bertz CT molecular complexity index is 915. The first-order valence-corrected chi connectivity index (χ1v) is 8.84. The van der Waals surface area contributed by atoms with E-state index in [0.717, 1.165) is 5.56 Å². The molecule has 0 aliphatic carbocycles. The Morgan fingerprint density at radius 2 is 1.85 bits per heavy atom. The van der Waals surface area contributed by atoms with Crippen LogP contribution in [0.25, 0.3) is 5.57 Å². The quantitative estimate of drug-likeness (QED) is 0.378. The molecule has 27 heavy (non-hydrogen) atoms. The van der Waals surface area contributed by atoms with Crippen LogP contribution < -0.4 is 0 Å². The molecule has 0 spiro atoms. The lowest BCUT2D eigenvalue weighted by Crippen LogP contribution is -2.54. The summed E-state index contributed by atoms with van der Waals surface area (Å²) in [6.45, 7) is 2.25.